The Morgan fingerprint density at radius 1 is 0.815 bits per heavy atom. The molecule has 0 aliphatic heterocycles. The summed E-state index contributed by atoms with van der Waals surface area (Å²) >= 11 is 12.1. The van der Waals surface area contributed by atoms with Gasteiger partial charge >= 0.3 is 0 Å². The first-order chi connectivity index (χ1) is 13.1. The van der Waals surface area contributed by atoms with Crippen molar-refractivity contribution in [3.63, 3.8) is 0 Å². The van der Waals surface area contributed by atoms with E-state index in [1.807, 2.05) is 6.07 Å². The molecule has 3 aromatic rings. The third kappa shape index (κ3) is 4.61. The Balaban J connectivity index is 2.09. The minimum atomic E-state index is -0.459. The van der Waals surface area contributed by atoms with Crippen LogP contribution >= 0.6 is 23.2 Å². The lowest BCUT2D eigenvalue weighted by Gasteiger charge is -2.06. The Morgan fingerprint density at radius 2 is 1.41 bits per heavy atom. The summed E-state index contributed by atoms with van der Waals surface area (Å²) in [6.07, 6.45) is 0. The molecule has 6 heteroatoms. The normalized spacial score (nSPS) is 12.1. The summed E-state index contributed by atoms with van der Waals surface area (Å²) in [5.41, 5.74) is 0.936. The van der Waals surface area contributed by atoms with Gasteiger partial charge in [-0.15, -0.1) is 10.2 Å². The molecule has 0 aromatic heterocycles. The van der Waals surface area contributed by atoms with E-state index in [4.69, 9.17) is 23.2 Å². The lowest BCUT2D eigenvalue weighted by atomic mass is 10.1. The summed E-state index contributed by atoms with van der Waals surface area (Å²) in [5, 5.41) is 19.5. The number of Topliss-reactive ketones (excluding diaryl/α,β-unsaturated/α-hetero) is 1. The van der Waals surface area contributed by atoms with Crippen LogP contribution < -0.4 is 0 Å². The smallest absolute Gasteiger partial charge is 0.217 e. The molecule has 0 bridgehead atoms. The van der Waals surface area contributed by atoms with Gasteiger partial charge in [-0.05, 0) is 18.2 Å². The van der Waals surface area contributed by atoms with Gasteiger partial charge < -0.3 is 5.11 Å². The lowest BCUT2D eigenvalue weighted by Crippen LogP contribution is -2.04. The molecule has 0 atom stereocenters. The molecule has 3 rings (SSSR count). The molecule has 134 valence electrons. The first-order valence-corrected chi connectivity index (χ1v) is 8.77. The predicted octanol–water partition coefficient (Wildman–Crippen LogP) is 6.89. The highest BCUT2D eigenvalue weighted by atomic mass is 35.5. The van der Waals surface area contributed by atoms with Crippen LogP contribution in [0, 0.1) is 0 Å². The summed E-state index contributed by atoms with van der Waals surface area (Å²) in [6.45, 7) is 0. The second kappa shape index (κ2) is 8.62. The van der Waals surface area contributed by atoms with Crippen LogP contribution in [-0.2, 0) is 0 Å². The van der Waals surface area contributed by atoms with Gasteiger partial charge in [-0.2, -0.15) is 0 Å². The molecule has 27 heavy (non-hydrogen) atoms. The molecule has 0 fully saturated rings. The number of rotatable bonds is 5. The van der Waals surface area contributed by atoms with Crippen LogP contribution in [0.4, 0.5) is 5.69 Å². The Bertz CT molecular complexity index is 1020. The van der Waals surface area contributed by atoms with E-state index in [9.17, 15) is 9.90 Å². The van der Waals surface area contributed by atoms with Crippen molar-refractivity contribution in [1.29, 1.82) is 0 Å². The maximum Gasteiger partial charge on any atom is 0.217 e. The molecule has 0 aliphatic carbocycles. The number of benzene rings is 3. The Hall–Kier alpha value is -2.95. The quantitative estimate of drug-likeness (QED) is 0.221. The van der Waals surface area contributed by atoms with Crippen LogP contribution in [0.1, 0.15) is 15.9 Å². The zero-order valence-electron chi connectivity index (χ0n) is 14.0. The third-order valence-electron chi connectivity index (χ3n) is 3.69. The first-order valence-electron chi connectivity index (χ1n) is 8.01. The minimum Gasteiger partial charge on any atom is -0.505 e. The fourth-order valence-electron chi connectivity index (χ4n) is 2.33. The second-order valence-corrected chi connectivity index (χ2v) is 6.40. The van der Waals surface area contributed by atoms with Crippen LogP contribution in [0.2, 0.25) is 10.0 Å². The van der Waals surface area contributed by atoms with Crippen molar-refractivity contribution < 1.29 is 9.90 Å². The van der Waals surface area contributed by atoms with Crippen molar-refractivity contribution in [2.75, 3.05) is 0 Å². The van der Waals surface area contributed by atoms with E-state index in [1.54, 1.807) is 66.7 Å². The van der Waals surface area contributed by atoms with Crippen molar-refractivity contribution in [1.82, 2.24) is 0 Å². The number of halogens is 2. The first kappa shape index (κ1) is 18.8. The largest absolute Gasteiger partial charge is 0.505 e. The highest BCUT2D eigenvalue weighted by Crippen LogP contribution is 2.30. The molecule has 0 saturated carbocycles. The summed E-state index contributed by atoms with van der Waals surface area (Å²) in [7, 11) is 0. The van der Waals surface area contributed by atoms with E-state index >= 15 is 0 Å². The van der Waals surface area contributed by atoms with Gasteiger partial charge in [-0.1, -0.05) is 83.9 Å². The van der Waals surface area contributed by atoms with Gasteiger partial charge in [-0.3, -0.25) is 4.79 Å². The van der Waals surface area contributed by atoms with Crippen molar-refractivity contribution in [2.45, 2.75) is 0 Å². The highest BCUT2D eigenvalue weighted by Gasteiger charge is 2.18. The van der Waals surface area contributed by atoms with Crippen molar-refractivity contribution in [2.24, 2.45) is 10.2 Å². The van der Waals surface area contributed by atoms with Gasteiger partial charge in [0.2, 0.25) is 5.78 Å². The number of azo groups is 1. The molecule has 0 spiro atoms. The van der Waals surface area contributed by atoms with Gasteiger partial charge in [0.15, 0.2) is 11.5 Å². The zero-order chi connectivity index (χ0) is 19.2. The van der Waals surface area contributed by atoms with Crippen LogP contribution in [0.15, 0.2) is 94.8 Å². The van der Waals surface area contributed by atoms with Gasteiger partial charge in [-0.25, -0.2) is 0 Å². The SMILES string of the molecule is O=C(/C(N=Nc1cc(Cl)ccc1Cl)=C(/O)c1ccccc1)c1ccccc1. The topological polar surface area (TPSA) is 62.0 Å². The van der Waals surface area contributed by atoms with Gasteiger partial charge in [0.05, 0.1) is 5.02 Å². The summed E-state index contributed by atoms with van der Waals surface area (Å²) in [4.78, 5) is 12.9. The number of aliphatic hydroxyl groups excluding tert-OH is 1. The number of nitrogens with zero attached hydrogens (tertiary/aromatic N) is 2. The molecular weight excluding hydrogens is 383 g/mol. The monoisotopic (exact) mass is 396 g/mol. The van der Waals surface area contributed by atoms with Crippen LogP contribution in [0.3, 0.4) is 0 Å². The van der Waals surface area contributed by atoms with Crippen LogP contribution in [-0.4, -0.2) is 10.9 Å². The number of carbonyl (C=O) groups excluding carboxylic acids is 1. The van der Waals surface area contributed by atoms with Gasteiger partial charge in [0.1, 0.15) is 5.69 Å². The van der Waals surface area contributed by atoms with Gasteiger partial charge in [0.25, 0.3) is 0 Å². The zero-order valence-corrected chi connectivity index (χ0v) is 15.5. The van der Waals surface area contributed by atoms with E-state index in [0.717, 1.165) is 0 Å². The van der Waals surface area contributed by atoms with E-state index in [-0.39, 0.29) is 11.5 Å². The highest BCUT2D eigenvalue weighted by molar-refractivity contribution is 6.35. The number of aliphatic hydroxyl groups is 1. The number of ketones is 1. The lowest BCUT2D eigenvalue weighted by molar-refractivity contribution is 0.103. The summed E-state index contributed by atoms with van der Waals surface area (Å²) < 4.78 is 0. The predicted molar refractivity (Wildman–Crippen MR) is 108 cm³/mol. The summed E-state index contributed by atoms with van der Waals surface area (Å²) in [6, 6.07) is 21.9. The van der Waals surface area contributed by atoms with E-state index in [2.05, 4.69) is 10.2 Å². The average Bonchev–Trinajstić information content (AvgIpc) is 2.71. The van der Waals surface area contributed by atoms with Crippen LogP contribution in [0.5, 0.6) is 0 Å². The fourth-order valence-corrected chi connectivity index (χ4v) is 2.65. The number of allylic oxidation sites excluding steroid dienone is 1. The third-order valence-corrected chi connectivity index (χ3v) is 4.24. The molecule has 0 amide bonds. The van der Waals surface area contributed by atoms with E-state index < -0.39 is 5.78 Å². The second-order valence-electron chi connectivity index (χ2n) is 5.55. The van der Waals surface area contributed by atoms with Crippen LogP contribution in [0.25, 0.3) is 5.76 Å². The molecular formula is C21H14Cl2N2O2. The molecule has 4 nitrogen and oxygen atoms in total. The Labute approximate surface area is 166 Å². The molecule has 1 N–H and O–H groups in total. The molecule has 3 aromatic carbocycles. The van der Waals surface area contributed by atoms with Crippen molar-refractivity contribution >= 4 is 40.4 Å². The Kier molecular flexibility index (Phi) is 6.01. The number of hydrogen-bond acceptors (Lipinski definition) is 4. The molecule has 0 heterocycles. The standard InChI is InChI=1S/C21H14Cl2N2O2/c22-16-11-12-17(23)18(13-16)24-25-19(20(26)14-7-3-1-4-8-14)21(27)15-9-5-2-6-10-15/h1-13,26H/b20-19-,25-24?. The van der Waals surface area contributed by atoms with E-state index in [1.165, 1.54) is 6.07 Å². The summed E-state index contributed by atoms with van der Waals surface area (Å²) in [5.74, 6) is -0.731. The molecule has 0 radical (unpaired) electrons. The minimum absolute atomic E-state index is 0.191. The maximum absolute atomic E-state index is 12.9. The Morgan fingerprint density at radius 3 is 2.04 bits per heavy atom. The number of hydrogen-bond donors (Lipinski definition) is 1. The maximum atomic E-state index is 12.9. The number of carbonyl (C=O) groups is 1. The van der Waals surface area contributed by atoms with Crippen molar-refractivity contribution in [3.05, 3.63) is 106 Å². The molecule has 0 aliphatic rings. The fraction of sp³-hybridized carbons (Fsp3) is 0. The van der Waals surface area contributed by atoms with E-state index in [0.29, 0.717) is 26.9 Å². The average molecular weight is 397 g/mol. The van der Waals surface area contributed by atoms with Gasteiger partial charge in [0, 0.05) is 16.1 Å². The van der Waals surface area contributed by atoms with Crippen molar-refractivity contribution in [3.8, 4) is 0 Å². The molecule has 0 saturated heterocycles. The molecule has 0 unspecified atom stereocenters.